The van der Waals surface area contributed by atoms with E-state index in [0.717, 1.165) is 11.1 Å². The summed E-state index contributed by atoms with van der Waals surface area (Å²) in [7, 11) is 0. The number of carboxylic acid groups (broad SMARTS) is 1. The molecule has 0 aromatic heterocycles. The second-order valence-electron chi connectivity index (χ2n) is 4.66. The number of rotatable bonds is 3. The summed E-state index contributed by atoms with van der Waals surface area (Å²) in [5.74, 6) is -0.648. The van der Waals surface area contributed by atoms with E-state index in [9.17, 15) is 9.90 Å². The fourth-order valence-electron chi connectivity index (χ4n) is 1.96. The molecule has 0 amide bonds. The molecule has 4 nitrogen and oxygen atoms in total. The van der Waals surface area contributed by atoms with Gasteiger partial charge in [0.25, 0.3) is 0 Å². The zero-order chi connectivity index (χ0) is 15.7. The Morgan fingerprint density at radius 3 is 2.24 bits per heavy atom. The molecule has 2 aromatic rings. The third-order valence-electron chi connectivity index (χ3n) is 2.93. The fourth-order valence-corrected chi connectivity index (χ4v) is 2.34. The second kappa shape index (κ2) is 5.84. The van der Waals surface area contributed by atoms with Gasteiger partial charge in [0.2, 0.25) is 0 Å². The van der Waals surface area contributed by atoms with Crippen LogP contribution in [0.25, 0.3) is 0 Å². The van der Waals surface area contributed by atoms with Crippen LogP contribution in [0.2, 0.25) is 10.0 Å². The first kappa shape index (κ1) is 15.5. The summed E-state index contributed by atoms with van der Waals surface area (Å²) in [6.45, 7) is 3.68. The zero-order valence-electron chi connectivity index (χ0n) is 11.4. The van der Waals surface area contributed by atoms with Crippen molar-refractivity contribution in [2.45, 2.75) is 13.8 Å². The number of benzene rings is 2. The largest absolute Gasteiger partial charge is 0.478 e. The smallest absolute Gasteiger partial charge is 0.339 e. The highest BCUT2D eigenvalue weighted by Crippen LogP contribution is 2.36. The monoisotopic (exact) mass is 325 g/mol. The van der Waals surface area contributed by atoms with E-state index in [0.29, 0.717) is 10.8 Å². The van der Waals surface area contributed by atoms with Crippen molar-refractivity contribution in [3.8, 4) is 11.5 Å². The van der Waals surface area contributed by atoms with Crippen molar-refractivity contribution in [1.29, 1.82) is 0 Å². The predicted octanol–water partition coefficient (Wildman–Crippen LogP) is 4.68. The number of halogens is 2. The van der Waals surface area contributed by atoms with Crippen LogP contribution >= 0.6 is 23.2 Å². The maximum absolute atomic E-state index is 11.3. The molecule has 0 aliphatic carbocycles. The van der Waals surface area contributed by atoms with Gasteiger partial charge in [0.15, 0.2) is 5.75 Å². The predicted molar refractivity (Wildman–Crippen MR) is 83.8 cm³/mol. The van der Waals surface area contributed by atoms with Gasteiger partial charge in [-0.2, -0.15) is 0 Å². The van der Waals surface area contributed by atoms with Crippen molar-refractivity contribution in [1.82, 2.24) is 0 Å². The minimum absolute atomic E-state index is 0.0551. The maximum atomic E-state index is 11.3. The number of hydrogen-bond acceptors (Lipinski definition) is 3. The first-order chi connectivity index (χ1) is 9.79. The average Bonchev–Trinajstić information content (AvgIpc) is 2.38. The van der Waals surface area contributed by atoms with Crippen LogP contribution in [0, 0.1) is 13.8 Å². The molecule has 6 heteroatoms. The van der Waals surface area contributed by atoms with Gasteiger partial charge in [-0.3, -0.25) is 0 Å². The molecule has 0 atom stereocenters. The summed E-state index contributed by atoms with van der Waals surface area (Å²) in [5, 5.41) is 10.0. The molecule has 2 rings (SSSR count). The van der Waals surface area contributed by atoms with Gasteiger partial charge in [0.05, 0.1) is 5.02 Å². The average molecular weight is 326 g/mol. The summed E-state index contributed by atoms with van der Waals surface area (Å²) in [5.41, 5.74) is 7.43. The third kappa shape index (κ3) is 3.23. The molecule has 0 spiro atoms. The highest BCUT2D eigenvalue weighted by molar-refractivity contribution is 6.33. The molecule has 21 heavy (non-hydrogen) atoms. The van der Waals surface area contributed by atoms with E-state index in [-0.39, 0.29) is 22.0 Å². The zero-order valence-corrected chi connectivity index (χ0v) is 12.9. The van der Waals surface area contributed by atoms with Crippen molar-refractivity contribution in [2.75, 3.05) is 5.73 Å². The molecule has 0 unspecified atom stereocenters. The van der Waals surface area contributed by atoms with Crippen molar-refractivity contribution in [3.63, 3.8) is 0 Å². The molecule has 0 saturated carbocycles. The minimum Gasteiger partial charge on any atom is -0.478 e. The van der Waals surface area contributed by atoms with E-state index in [1.807, 2.05) is 13.8 Å². The molecule has 0 heterocycles. The molecule has 0 saturated heterocycles. The Morgan fingerprint density at radius 1 is 1.14 bits per heavy atom. The lowest BCUT2D eigenvalue weighted by molar-refractivity contribution is 0.0694. The Morgan fingerprint density at radius 2 is 1.71 bits per heavy atom. The second-order valence-corrected chi connectivity index (χ2v) is 5.44. The van der Waals surface area contributed by atoms with E-state index in [1.54, 1.807) is 12.1 Å². The van der Waals surface area contributed by atoms with E-state index in [4.69, 9.17) is 33.7 Å². The Bertz CT molecular complexity index is 706. The van der Waals surface area contributed by atoms with Crippen LogP contribution in [-0.2, 0) is 0 Å². The summed E-state index contributed by atoms with van der Waals surface area (Å²) in [6, 6.07) is 6.18. The highest BCUT2D eigenvalue weighted by Gasteiger charge is 2.17. The molecule has 0 fully saturated rings. The summed E-state index contributed by atoms with van der Waals surface area (Å²) in [6.07, 6.45) is 0. The van der Waals surface area contributed by atoms with Crippen LogP contribution in [0.3, 0.4) is 0 Å². The van der Waals surface area contributed by atoms with Gasteiger partial charge in [-0.15, -0.1) is 0 Å². The van der Waals surface area contributed by atoms with Crippen LogP contribution in [0.5, 0.6) is 11.5 Å². The van der Waals surface area contributed by atoms with Crippen LogP contribution in [-0.4, -0.2) is 11.1 Å². The Hall–Kier alpha value is -1.91. The lowest BCUT2D eigenvalue weighted by atomic mass is 10.1. The number of hydrogen-bond donors (Lipinski definition) is 2. The number of anilines is 1. The molecular formula is C15H13Cl2NO3. The van der Waals surface area contributed by atoms with Gasteiger partial charge in [-0.25, -0.2) is 4.79 Å². The Balaban J connectivity index is 2.51. The Kier molecular flexibility index (Phi) is 4.30. The van der Waals surface area contributed by atoms with Crippen LogP contribution < -0.4 is 10.5 Å². The van der Waals surface area contributed by atoms with Gasteiger partial charge in [-0.05, 0) is 49.2 Å². The van der Waals surface area contributed by atoms with Crippen LogP contribution in [0.1, 0.15) is 21.5 Å². The minimum atomic E-state index is -1.17. The van der Waals surface area contributed by atoms with E-state index in [1.165, 1.54) is 12.1 Å². The van der Waals surface area contributed by atoms with Gasteiger partial charge in [-0.1, -0.05) is 23.2 Å². The highest BCUT2D eigenvalue weighted by atomic mass is 35.5. The lowest BCUT2D eigenvalue weighted by Crippen LogP contribution is -2.02. The summed E-state index contributed by atoms with van der Waals surface area (Å²) >= 11 is 12.1. The standard InChI is InChI=1S/C15H13Cl2NO3/c1-7-3-10(4-8(2)13(7)17)21-14-11(15(19)20)5-9(18)6-12(14)16/h3-6H,18H2,1-2H3,(H,19,20). The van der Waals surface area contributed by atoms with Crippen molar-refractivity contribution >= 4 is 34.9 Å². The Labute approximate surface area is 132 Å². The molecule has 0 radical (unpaired) electrons. The molecule has 0 aliphatic rings. The normalized spacial score (nSPS) is 10.5. The summed E-state index contributed by atoms with van der Waals surface area (Å²) < 4.78 is 5.65. The molecule has 3 N–H and O–H groups in total. The third-order valence-corrected chi connectivity index (χ3v) is 3.80. The van der Waals surface area contributed by atoms with Gasteiger partial charge < -0.3 is 15.6 Å². The van der Waals surface area contributed by atoms with E-state index >= 15 is 0 Å². The fraction of sp³-hybridized carbons (Fsp3) is 0.133. The van der Waals surface area contributed by atoms with Crippen molar-refractivity contribution in [2.24, 2.45) is 0 Å². The van der Waals surface area contributed by atoms with Crippen molar-refractivity contribution in [3.05, 3.63) is 51.0 Å². The molecular weight excluding hydrogens is 313 g/mol. The number of nitrogens with two attached hydrogens (primary N) is 1. The van der Waals surface area contributed by atoms with Crippen molar-refractivity contribution < 1.29 is 14.6 Å². The topological polar surface area (TPSA) is 72.5 Å². The first-order valence-electron chi connectivity index (χ1n) is 6.06. The van der Waals surface area contributed by atoms with E-state index in [2.05, 4.69) is 0 Å². The molecule has 0 aliphatic heterocycles. The van der Waals surface area contributed by atoms with E-state index < -0.39 is 5.97 Å². The maximum Gasteiger partial charge on any atom is 0.339 e. The van der Waals surface area contributed by atoms with Crippen LogP contribution in [0.15, 0.2) is 24.3 Å². The molecule has 2 aromatic carbocycles. The SMILES string of the molecule is Cc1cc(Oc2c(Cl)cc(N)cc2C(=O)O)cc(C)c1Cl. The number of aromatic carboxylic acids is 1. The molecule has 0 bridgehead atoms. The quantitative estimate of drug-likeness (QED) is 0.803. The van der Waals surface area contributed by atoms with Crippen LogP contribution in [0.4, 0.5) is 5.69 Å². The number of aryl methyl sites for hydroxylation is 2. The number of carbonyl (C=O) groups is 1. The van der Waals surface area contributed by atoms with Gasteiger partial charge >= 0.3 is 5.97 Å². The molecule has 110 valence electrons. The lowest BCUT2D eigenvalue weighted by Gasteiger charge is -2.13. The summed E-state index contributed by atoms with van der Waals surface area (Å²) in [4.78, 5) is 11.3. The number of carboxylic acids is 1. The number of nitrogen functional groups attached to an aromatic ring is 1. The first-order valence-corrected chi connectivity index (χ1v) is 6.82. The number of ether oxygens (including phenoxy) is 1. The van der Waals surface area contributed by atoms with Gasteiger partial charge in [0.1, 0.15) is 11.3 Å². The van der Waals surface area contributed by atoms with Gasteiger partial charge in [0, 0.05) is 10.7 Å².